The fourth-order valence-corrected chi connectivity index (χ4v) is 3.24. The first kappa shape index (κ1) is 17.5. The van der Waals surface area contributed by atoms with Gasteiger partial charge in [-0.1, -0.05) is 11.2 Å². The van der Waals surface area contributed by atoms with Crippen molar-refractivity contribution in [2.75, 3.05) is 32.1 Å². The highest BCUT2D eigenvalue weighted by atomic mass is 16.4. The van der Waals surface area contributed by atoms with Crippen molar-refractivity contribution >= 4 is 22.7 Å². The number of carbonyl (C=O) groups excluding carboxylic acids is 1. The third-order valence-corrected chi connectivity index (χ3v) is 4.80. The molecular weight excluding hydrogens is 344 g/mol. The van der Waals surface area contributed by atoms with Gasteiger partial charge in [-0.15, -0.1) is 5.10 Å². The van der Waals surface area contributed by atoms with E-state index in [-0.39, 0.29) is 18.1 Å². The molecule has 0 saturated carbocycles. The summed E-state index contributed by atoms with van der Waals surface area (Å²) < 4.78 is 5.65. The monoisotopic (exact) mass is 366 g/mol. The second-order valence-electron chi connectivity index (χ2n) is 7.01. The molecule has 3 aromatic rings. The van der Waals surface area contributed by atoms with Crippen LogP contribution < -0.4 is 10.2 Å². The smallest absolute Gasteiger partial charge is 0.317 e. The molecule has 3 heterocycles. The Labute approximate surface area is 157 Å². The van der Waals surface area contributed by atoms with Crippen molar-refractivity contribution in [2.45, 2.75) is 19.3 Å². The van der Waals surface area contributed by atoms with Gasteiger partial charge in [0.1, 0.15) is 11.6 Å². The quantitative estimate of drug-likeness (QED) is 0.731. The Bertz CT molecular complexity index is 962. The maximum absolute atomic E-state index is 12.5. The lowest BCUT2D eigenvalue weighted by molar-refractivity contribution is -0.123. The van der Waals surface area contributed by atoms with Crippen molar-refractivity contribution in [1.29, 1.82) is 0 Å². The Morgan fingerprint density at radius 1 is 1.26 bits per heavy atom. The Balaban J connectivity index is 1.57. The highest BCUT2D eigenvalue weighted by Gasteiger charge is 2.22. The number of aromatic nitrogens is 4. The zero-order valence-electron chi connectivity index (χ0n) is 15.5. The molecule has 27 heavy (non-hydrogen) atoms. The predicted octanol–water partition coefficient (Wildman–Crippen LogP) is 1.86. The van der Waals surface area contributed by atoms with E-state index in [0.29, 0.717) is 17.7 Å². The Hall–Kier alpha value is -2.87. The summed E-state index contributed by atoms with van der Waals surface area (Å²) >= 11 is 0. The zero-order chi connectivity index (χ0) is 18.8. The number of fused-ring (bicyclic) bond motifs is 1. The molecule has 0 spiro atoms. The van der Waals surface area contributed by atoms with Crippen LogP contribution in [0, 0.1) is 5.92 Å². The largest absolute Gasteiger partial charge is 0.403 e. The number of hydrogen-bond acceptors (Lipinski definition) is 8. The van der Waals surface area contributed by atoms with Gasteiger partial charge in [-0.3, -0.25) is 4.79 Å². The minimum absolute atomic E-state index is 0.111. The Morgan fingerprint density at radius 3 is 2.81 bits per heavy atom. The fraction of sp³-hybridized carbons (Fsp3) is 0.421. The number of nitrogens with zero attached hydrogens (tertiary/aromatic N) is 5. The topological polar surface area (TPSA) is 97.0 Å². The lowest BCUT2D eigenvalue weighted by atomic mass is 9.92. The van der Waals surface area contributed by atoms with E-state index in [1.807, 2.05) is 32.3 Å². The SMILES string of the molecule is CN(C)c1nnc(-c2ccc3cnc(CC(=O)C4CCNCC4)nc3c2)o1. The molecule has 1 aliphatic rings. The van der Waals surface area contributed by atoms with Gasteiger partial charge in [0.25, 0.3) is 0 Å². The van der Waals surface area contributed by atoms with E-state index in [1.165, 1.54) is 0 Å². The minimum atomic E-state index is 0.111. The molecule has 8 heteroatoms. The molecule has 1 aliphatic heterocycles. The molecule has 1 N–H and O–H groups in total. The van der Waals surface area contributed by atoms with Crippen molar-refractivity contribution in [3.8, 4) is 11.5 Å². The molecule has 8 nitrogen and oxygen atoms in total. The first-order valence-electron chi connectivity index (χ1n) is 9.10. The summed E-state index contributed by atoms with van der Waals surface area (Å²) in [5.74, 6) is 1.33. The van der Waals surface area contributed by atoms with Gasteiger partial charge in [-0.25, -0.2) is 9.97 Å². The van der Waals surface area contributed by atoms with Crippen LogP contribution in [0.5, 0.6) is 0 Å². The van der Waals surface area contributed by atoms with Crippen molar-refractivity contribution in [3.63, 3.8) is 0 Å². The summed E-state index contributed by atoms with van der Waals surface area (Å²) in [7, 11) is 3.69. The van der Waals surface area contributed by atoms with Crippen LogP contribution in [0.4, 0.5) is 6.01 Å². The highest BCUT2D eigenvalue weighted by Crippen LogP contribution is 2.24. The van der Waals surface area contributed by atoms with Crippen LogP contribution in [0.2, 0.25) is 0 Å². The highest BCUT2D eigenvalue weighted by molar-refractivity contribution is 5.85. The average molecular weight is 366 g/mol. The van der Waals surface area contributed by atoms with Crippen LogP contribution in [-0.4, -0.2) is 53.1 Å². The molecule has 0 bridgehead atoms. The number of nitrogens with one attached hydrogen (secondary N) is 1. The number of rotatable bonds is 5. The van der Waals surface area contributed by atoms with Crippen LogP contribution in [-0.2, 0) is 11.2 Å². The van der Waals surface area contributed by atoms with Gasteiger partial charge in [-0.2, -0.15) is 0 Å². The van der Waals surface area contributed by atoms with Crippen molar-refractivity contribution in [1.82, 2.24) is 25.5 Å². The standard InChI is InChI=1S/C19H22N6O2/c1-25(2)19-24-23-18(27-19)13-3-4-14-11-21-17(22-15(14)9-13)10-16(26)12-5-7-20-8-6-12/h3-4,9,11-12,20H,5-8,10H2,1-2H3. The molecule has 1 fully saturated rings. The lowest BCUT2D eigenvalue weighted by Crippen LogP contribution is -2.32. The number of anilines is 1. The predicted molar refractivity (Wildman–Crippen MR) is 101 cm³/mol. The molecule has 140 valence electrons. The normalized spacial score (nSPS) is 15.2. The van der Waals surface area contributed by atoms with E-state index in [0.717, 1.165) is 42.4 Å². The first-order chi connectivity index (χ1) is 13.1. The van der Waals surface area contributed by atoms with Crippen molar-refractivity contribution in [3.05, 3.63) is 30.2 Å². The Morgan fingerprint density at radius 2 is 2.07 bits per heavy atom. The molecule has 0 aliphatic carbocycles. The van der Waals surface area contributed by atoms with Gasteiger partial charge in [0.05, 0.1) is 11.9 Å². The van der Waals surface area contributed by atoms with Gasteiger partial charge < -0.3 is 14.6 Å². The van der Waals surface area contributed by atoms with Gasteiger partial charge >= 0.3 is 6.01 Å². The average Bonchev–Trinajstić information content (AvgIpc) is 3.19. The van der Waals surface area contributed by atoms with E-state index in [2.05, 4.69) is 25.5 Å². The summed E-state index contributed by atoms with van der Waals surface area (Å²) in [6.45, 7) is 1.80. The van der Waals surface area contributed by atoms with E-state index < -0.39 is 0 Å². The molecule has 0 radical (unpaired) electrons. The van der Waals surface area contributed by atoms with Crippen molar-refractivity contribution in [2.24, 2.45) is 5.92 Å². The van der Waals surface area contributed by atoms with Gasteiger partial charge in [0.2, 0.25) is 5.89 Å². The van der Waals surface area contributed by atoms with Gasteiger partial charge in [0, 0.05) is 37.2 Å². The minimum Gasteiger partial charge on any atom is -0.403 e. The number of carbonyl (C=O) groups is 1. The number of Topliss-reactive ketones (excluding diaryl/α,β-unsaturated/α-hetero) is 1. The molecule has 4 rings (SSSR count). The fourth-order valence-electron chi connectivity index (χ4n) is 3.24. The summed E-state index contributed by atoms with van der Waals surface area (Å²) in [6.07, 6.45) is 3.82. The number of hydrogen-bond donors (Lipinski definition) is 1. The molecule has 2 aromatic heterocycles. The van der Waals surface area contributed by atoms with E-state index in [9.17, 15) is 4.79 Å². The first-order valence-corrected chi connectivity index (χ1v) is 9.10. The van der Waals surface area contributed by atoms with Crippen LogP contribution in [0.3, 0.4) is 0 Å². The number of ketones is 1. The van der Waals surface area contributed by atoms with Crippen LogP contribution in [0.15, 0.2) is 28.8 Å². The maximum atomic E-state index is 12.5. The molecule has 0 atom stereocenters. The van der Waals surface area contributed by atoms with E-state index in [1.54, 1.807) is 11.1 Å². The van der Waals surface area contributed by atoms with Crippen LogP contribution in [0.25, 0.3) is 22.4 Å². The van der Waals surface area contributed by atoms with E-state index >= 15 is 0 Å². The summed E-state index contributed by atoms with van der Waals surface area (Å²) in [5.41, 5.74) is 1.55. The van der Waals surface area contributed by atoms with Crippen LogP contribution >= 0.6 is 0 Å². The summed E-state index contributed by atoms with van der Waals surface area (Å²) in [6, 6.07) is 6.16. The molecule has 1 aromatic carbocycles. The second-order valence-corrected chi connectivity index (χ2v) is 7.01. The van der Waals surface area contributed by atoms with Gasteiger partial charge in [-0.05, 0) is 38.1 Å². The molecule has 0 unspecified atom stereocenters. The third-order valence-electron chi connectivity index (χ3n) is 4.80. The third kappa shape index (κ3) is 3.80. The van der Waals surface area contributed by atoms with E-state index in [4.69, 9.17) is 4.42 Å². The molecular formula is C19H22N6O2. The maximum Gasteiger partial charge on any atom is 0.317 e. The summed E-state index contributed by atoms with van der Waals surface area (Å²) in [4.78, 5) is 23.2. The molecule has 1 saturated heterocycles. The zero-order valence-corrected chi connectivity index (χ0v) is 15.5. The van der Waals surface area contributed by atoms with Crippen LogP contribution in [0.1, 0.15) is 18.7 Å². The number of benzene rings is 1. The summed E-state index contributed by atoms with van der Waals surface area (Å²) in [5, 5.41) is 12.3. The molecule has 0 amide bonds. The lowest BCUT2D eigenvalue weighted by Gasteiger charge is -2.21. The van der Waals surface area contributed by atoms with Crippen molar-refractivity contribution < 1.29 is 9.21 Å². The number of piperidine rings is 1. The second kappa shape index (κ2) is 7.40. The van der Waals surface area contributed by atoms with Gasteiger partial charge in [0.15, 0.2) is 0 Å². The Kier molecular flexibility index (Phi) is 4.81.